The van der Waals surface area contributed by atoms with Gasteiger partial charge in [-0.3, -0.25) is 4.79 Å². The quantitative estimate of drug-likeness (QED) is 0.380. The van der Waals surface area contributed by atoms with E-state index in [2.05, 4.69) is 12.2 Å². The molecule has 2 atom stereocenters. The van der Waals surface area contributed by atoms with E-state index in [-0.39, 0.29) is 31.0 Å². The van der Waals surface area contributed by atoms with Crippen LogP contribution in [0.3, 0.4) is 0 Å². The Bertz CT molecular complexity index is 1390. The number of hydrogen-bond donors (Lipinski definition) is 0. The average Bonchev–Trinajstić information content (AvgIpc) is 3.52. The molecule has 2 aromatic carbocycles. The molecule has 2 aliphatic carbocycles. The molecule has 2 aromatic rings. The number of halogens is 3. The van der Waals surface area contributed by atoms with Crippen LogP contribution in [0.15, 0.2) is 65.9 Å². The van der Waals surface area contributed by atoms with Gasteiger partial charge in [-0.2, -0.15) is 13.2 Å². The van der Waals surface area contributed by atoms with E-state index in [1.165, 1.54) is 24.3 Å². The lowest BCUT2D eigenvalue weighted by atomic mass is 9.92. The SMILES string of the molecule is COC(=O)C[C@@H]1COc2cc(O[C@@H]3CCc4c3ccc(C(F)(F)F)c4CN3C=C4CC=CC=C4CC3)ccc21. The van der Waals surface area contributed by atoms with E-state index >= 15 is 0 Å². The third-order valence-corrected chi connectivity index (χ3v) is 8.11. The molecule has 0 spiro atoms. The smallest absolute Gasteiger partial charge is 0.416 e. The molecule has 0 saturated carbocycles. The van der Waals surface area contributed by atoms with Crippen molar-refractivity contribution in [3.05, 3.63) is 93.7 Å². The highest BCUT2D eigenvalue weighted by molar-refractivity contribution is 5.71. The van der Waals surface area contributed by atoms with Gasteiger partial charge in [0.25, 0.3) is 0 Å². The Balaban J connectivity index is 1.25. The van der Waals surface area contributed by atoms with E-state index in [0.29, 0.717) is 43.1 Å². The summed E-state index contributed by atoms with van der Waals surface area (Å²) in [4.78, 5) is 13.7. The number of hydrogen-bond acceptors (Lipinski definition) is 5. The molecule has 0 unspecified atom stereocenters. The lowest BCUT2D eigenvalue weighted by Crippen LogP contribution is -2.26. The van der Waals surface area contributed by atoms with Gasteiger partial charge in [0.05, 0.1) is 25.7 Å². The van der Waals surface area contributed by atoms with Crippen LogP contribution in [0.1, 0.15) is 65.5 Å². The van der Waals surface area contributed by atoms with Crippen LogP contribution in [0.2, 0.25) is 0 Å². The van der Waals surface area contributed by atoms with Crippen molar-refractivity contribution in [2.75, 3.05) is 20.3 Å². The zero-order valence-electron chi connectivity index (χ0n) is 21.7. The number of esters is 1. The first-order chi connectivity index (χ1) is 18.8. The predicted octanol–water partition coefficient (Wildman–Crippen LogP) is 6.79. The summed E-state index contributed by atoms with van der Waals surface area (Å²) in [6.07, 6.45) is 6.49. The first-order valence-corrected chi connectivity index (χ1v) is 13.3. The summed E-state index contributed by atoms with van der Waals surface area (Å²) in [5.74, 6) is 0.897. The fraction of sp³-hybridized carbons (Fsp3) is 0.387. The van der Waals surface area contributed by atoms with Crippen LogP contribution in [-0.2, 0) is 28.7 Å². The third kappa shape index (κ3) is 5.04. The molecule has 0 radical (unpaired) electrons. The summed E-state index contributed by atoms with van der Waals surface area (Å²) >= 11 is 0. The number of carbonyl (C=O) groups is 1. The molecule has 4 aliphatic rings. The Labute approximate surface area is 225 Å². The molecule has 5 nitrogen and oxygen atoms in total. The summed E-state index contributed by atoms with van der Waals surface area (Å²) in [7, 11) is 1.36. The van der Waals surface area contributed by atoms with E-state index < -0.39 is 11.7 Å². The Kier molecular flexibility index (Phi) is 6.65. The van der Waals surface area contributed by atoms with Gasteiger partial charge in [0.15, 0.2) is 0 Å². The van der Waals surface area contributed by atoms with E-state index in [1.807, 2.05) is 29.3 Å². The minimum absolute atomic E-state index is 0.0713. The fourth-order valence-corrected chi connectivity index (χ4v) is 6.13. The highest BCUT2D eigenvalue weighted by Gasteiger charge is 2.38. The number of ether oxygens (including phenoxy) is 3. The average molecular weight is 538 g/mol. The van der Waals surface area contributed by atoms with Crippen LogP contribution in [0, 0.1) is 0 Å². The van der Waals surface area contributed by atoms with E-state index in [9.17, 15) is 18.0 Å². The van der Waals surface area contributed by atoms with Gasteiger partial charge >= 0.3 is 12.1 Å². The van der Waals surface area contributed by atoms with Gasteiger partial charge in [0.2, 0.25) is 0 Å². The summed E-state index contributed by atoms with van der Waals surface area (Å²) in [6.45, 7) is 1.31. The first-order valence-electron chi connectivity index (χ1n) is 13.3. The Morgan fingerprint density at radius 1 is 1.13 bits per heavy atom. The maximum absolute atomic E-state index is 14.1. The van der Waals surface area contributed by atoms with Crippen LogP contribution in [0.4, 0.5) is 13.2 Å². The van der Waals surface area contributed by atoms with Crippen molar-refractivity contribution in [2.24, 2.45) is 0 Å². The number of fused-ring (bicyclic) bond motifs is 3. The number of nitrogens with zero attached hydrogens (tertiary/aromatic N) is 1. The molecular weight excluding hydrogens is 507 g/mol. The van der Waals surface area contributed by atoms with Crippen molar-refractivity contribution in [3.63, 3.8) is 0 Å². The summed E-state index contributed by atoms with van der Waals surface area (Å²) in [5.41, 5.74) is 4.73. The number of rotatable bonds is 6. The molecule has 2 heterocycles. The molecule has 0 amide bonds. The normalized spacial score (nSPS) is 21.4. The minimum atomic E-state index is -4.43. The van der Waals surface area contributed by atoms with Crippen LogP contribution >= 0.6 is 0 Å². The van der Waals surface area contributed by atoms with Gasteiger partial charge in [-0.05, 0) is 65.7 Å². The number of methoxy groups -OCH3 is 1. The second kappa shape index (κ2) is 10.1. The standard InChI is InChI=1S/C31H30F3NO4/c1-37-30(36)14-21-18-38-29-15-22(6-7-23(21)29)39-28-11-9-24-25(28)8-10-27(31(32,33)34)26(24)17-35-13-12-19-4-2-3-5-20(19)16-35/h2-4,6-8,10,15-16,21,28H,5,9,11-14,17-18H2,1H3/t21-,28-/m1/s1. The van der Waals surface area contributed by atoms with Crippen LogP contribution in [-0.4, -0.2) is 31.1 Å². The van der Waals surface area contributed by atoms with Crippen molar-refractivity contribution < 1.29 is 32.2 Å². The number of alkyl halides is 3. The predicted molar refractivity (Wildman–Crippen MR) is 139 cm³/mol. The monoisotopic (exact) mass is 537 g/mol. The van der Waals surface area contributed by atoms with Gasteiger partial charge in [-0.25, -0.2) is 0 Å². The van der Waals surface area contributed by atoms with Gasteiger partial charge in [-0.1, -0.05) is 30.4 Å². The highest BCUT2D eigenvalue weighted by atomic mass is 19.4. The summed E-state index contributed by atoms with van der Waals surface area (Å²) < 4.78 is 59.2. The fourth-order valence-electron chi connectivity index (χ4n) is 6.13. The van der Waals surface area contributed by atoms with E-state index in [0.717, 1.165) is 29.5 Å². The Morgan fingerprint density at radius 2 is 1.97 bits per heavy atom. The van der Waals surface area contributed by atoms with E-state index in [1.54, 1.807) is 12.1 Å². The second-order valence-electron chi connectivity index (χ2n) is 10.5. The van der Waals surface area contributed by atoms with Gasteiger partial charge < -0.3 is 19.1 Å². The van der Waals surface area contributed by atoms with E-state index in [4.69, 9.17) is 14.2 Å². The van der Waals surface area contributed by atoms with Crippen molar-refractivity contribution in [1.29, 1.82) is 0 Å². The minimum Gasteiger partial charge on any atom is -0.492 e. The topological polar surface area (TPSA) is 48.0 Å². The maximum atomic E-state index is 14.1. The van der Waals surface area contributed by atoms with Crippen molar-refractivity contribution in [3.8, 4) is 11.5 Å². The highest BCUT2D eigenvalue weighted by Crippen LogP contribution is 2.44. The number of allylic oxidation sites excluding steroid dienone is 4. The van der Waals surface area contributed by atoms with Gasteiger partial charge in [0.1, 0.15) is 17.6 Å². The van der Waals surface area contributed by atoms with Crippen LogP contribution in [0.5, 0.6) is 11.5 Å². The second-order valence-corrected chi connectivity index (χ2v) is 10.5. The molecule has 0 saturated heterocycles. The Morgan fingerprint density at radius 3 is 2.79 bits per heavy atom. The molecule has 8 heteroatoms. The zero-order valence-corrected chi connectivity index (χ0v) is 21.7. The molecule has 0 bridgehead atoms. The van der Waals surface area contributed by atoms with Gasteiger partial charge in [-0.15, -0.1) is 0 Å². The lowest BCUT2D eigenvalue weighted by Gasteiger charge is -2.31. The molecule has 204 valence electrons. The summed E-state index contributed by atoms with van der Waals surface area (Å²) in [5, 5.41) is 0. The van der Waals surface area contributed by atoms with Crippen molar-refractivity contribution >= 4 is 5.97 Å². The molecule has 0 aromatic heterocycles. The Hall–Kier alpha value is -3.68. The lowest BCUT2D eigenvalue weighted by molar-refractivity contribution is -0.141. The van der Waals surface area contributed by atoms with Crippen LogP contribution in [0.25, 0.3) is 0 Å². The first kappa shape index (κ1) is 25.6. The molecule has 39 heavy (non-hydrogen) atoms. The molecule has 0 N–H and O–H groups in total. The maximum Gasteiger partial charge on any atom is 0.416 e. The number of benzene rings is 2. The van der Waals surface area contributed by atoms with Crippen molar-refractivity contribution in [2.45, 2.75) is 56.8 Å². The molecule has 2 aliphatic heterocycles. The largest absolute Gasteiger partial charge is 0.492 e. The van der Waals surface area contributed by atoms with Crippen molar-refractivity contribution in [1.82, 2.24) is 4.90 Å². The van der Waals surface area contributed by atoms with Crippen LogP contribution < -0.4 is 9.47 Å². The molecule has 0 fully saturated rings. The zero-order chi connectivity index (χ0) is 27.1. The summed E-state index contributed by atoms with van der Waals surface area (Å²) in [6, 6.07) is 8.33. The molecular formula is C31H30F3NO4. The molecule has 6 rings (SSSR count). The number of carbonyl (C=O) groups excluding carboxylic acids is 1. The van der Waals surface area contributed by atoms with Gasteiger partial charge in [0, 0.05) is 36.8 Å². The third-order valence-electron chi connectivity index (χ3n) is 8.11.